The molecule has 2 unspecified atom stereocenters. The summed E-state index contributed by atoms with van der Waals surface area (Å²) in [5, 5.41) is 5.06. The number of fused-ring (bicyclic) bond motifs is 6. The van der Waals surface area contributed by atoms with Gasteiger partial charge in [0.05, 0.1) is 22.1 Å². The van der Waals surface area contributed by atoms with Gasteiger partial charge >= 0.3 is 0 Å². The summed E-state index contributed by atoms with van der Waals surface area (Å²) in [4.78, 5) is 2.38. The maximum atomic E-state index is 2.48. The summed E-state index contributed by atoms with van der Waals surface area (Å²) in [7, 11) is 0. The second-order valence-electron chi connectivity index (χ2n) is 17.3. The van der Waals surface area contributed by atoms with E-state index in [0.29, 0.717) is 5.92 Å². The van der Waals surface area contributed by atoms with Crippen LogP contribution in [0.2, 0.25) is 0 Å². The molecule has 0 fully saturated rings. The van der Waals surface area contributed by atoms with Crippen LogP contribution >= 0.6 is 0 Å². The lowest BCUT2D eigenvalue weighted by molar-refractivity contribution is 0.777. The number of para-hydroxylation sites is 5. The van der Waals surface area contributed by atoms with Crippen molar-refractivity contribution in [1.29, 1.82) is 0 Å². The third-order valence-corrected chi connectivity index (χ3v) is 13.5. The third-order valence-electron chi connectivity index (χ3n) is 13.5. The number of hydrogen-bond donors (Lipinski definition) is 0. The fourth-order valence-corrected chi connectivity index (χ4v) is 10.3. The first-order valence-electron chi connectivity index (χ1n) is 22.8. The number of allylic oxidation sites excluding steroid dienone is 4. The molecule has 0 saturated carbocycles. The van der Waals surface area contributed by atoms with Crippen LogP contribution in [0.1, 0.15) is 41.4 Å². The van der Waals surface area contributed by atoms with E-state index in [2.05, 4.69) is 263 Å². The molecule has 0 bridgehead atoms. The zero-order valence-electron chi connectivity index (χ0n) is 36.1. The number of nitrogens with zero attached hydrogens (tertiary/aromatic N) is 3. The van der Waals surface area contributed by atoms with Gasteiger partial charge in [0.15, 0.2) is 0 Å². The molecule has 0 radical (unpaired) electrons. The molecule has 0 N–H and O–H groups in total. The highest BCUT2D eigenvalue weighted by Crippen LogP contribution is 2.42. The molecule has 12 rings (SSSR count). The van der Waals surface area contributed by atoms with Gasteiger partial charge in [-0.15, -0.1) is 0 Å². The lowest BCUT2D eigenvalue weighted by Crippen LogP contribution is -2.10. The van der Waals surface area contributed by atoms with Crippen molar-refractivity contribution in [2.75, 3.05) is 4.90 Å². The minimum Gasteiger partial charge on any atom is -0.310 e. The van der Waals surface area contributed by atoms with E-state index >= 15 is 0 Å². The van der Waals surface area contributed by atoms with Gasteiger partial charge in [-0.3, -0.25) is 0 Å². The molecule has 0 aliphatic heterocycles. The standard InChI is InChI=1S/C62H47N3/c1-5-17-47(18-6-1)56(48-35-39-61-57(42-48)54-25-13-15-27-59(54)64(61)50-21-9-3-10-22-50)41-44-29-31-45(32-30-44)46-33-36-52(37-34-46)63(49-19-7-2-8-20-49)53-38-40-62-58(43-53)55-26-14-16-28-60(55)65(62)51-23-11-4-12-24-51/h1-31,33-40,42-43,45,56H,32,41H2. The zero-order chi connectivity index (χ0) is 43.1. The molecular formula is C62H47N3. The van der Waals surface area contributed by atoms with Crippen LogP contribution in [-0.2, 0) is 0 Å². The molecule has 1 aliphatic carbocycles. The maximum Gasteiger partial charge on any atom is 0.0542 e. The smallest absolute Gasteiger partial charge is 0.0542 e. The van der Waals surface area contributed by atoms with Gasteiger partial charge in [0, 0.05) is 61.8 Å². The van der Waals surface area contributed by atoms with E-state index in [4.69, 9.17) is 0 Å². The highest BCUT2D eigenvalue weighted by Gasteiger charge is 2.22. The maximum absolute atomic E-state index is 2.48. The average molecular weight is 834 g/mol. The van der Waals surface area contributed by atoms with Gasteiger partial charge in [-0.25, -0.2) is 0 Å². The van der Waals surface area contributed by atoms with Crippen molar-refractivity contribution in [2.45, 2.75) is 24.7 Å². The molecule has 3 heteroatoms. The molecule has 0 saturated heterocycles. The minimum atomic E-state index is 0.226. The first kappa shape index (κ1) is 38.5. The van der Waals surface area contributed by atoms with Crippen molar-refractivity contribution in [3.8, 4) is 11.4 Å². The molecule has 65 heavy (non-hydrogen) atoms. The topological polar surface area (TPSA) is 13.1 Å². The summed E-state index contributed by atoms with van der Waals surface area (Å²) in [6, 6.07) is 84.0. The van der Waals surface area contributed by atoms with E-state index in [-0.39, 0.29) is 5.92 Å². The molecule has 2 atom stereocenters. The van der Waals surface area contributed by atoms with Gasteiger partial charge in [-0.05, 0) is 121 Å². The van der Waals surface area contributed by atoms with E-state index < -0.39 is 0 Å². The van der Waals surface area contributed by atoms with Crippen molar-refractivity contribution in [3.05, 3.63) is 271 Å². The predicted molar refractivity (Wildman–Crippen MR) is 274 cm³/mol. The Kier molecular flexibility index (Phi) is 9.80. The molecule has 2 aromatic heterocycles. The Morgan fingerprint density at radius 2 is 0.908 bits per heavy atom. The SMILES string of the molecule is C1=CC(c2ccc(N(c3ccccc3)c3ccc4c(c3)c3ccccc3n4-c3ccccc3)cc2)CC=C1CC(c1ccccc1)c1ccc2c(c1)c1ccccc1n2-c1ccccc1. The normalized spacial score (nSPS) is 14.3. The monoisotopic (exact) mass is 833 g/mol. The molecule has 9 aromatic carbocycles. The Morgan fingerprint density at radius 3 is 1.51 bits per heavy atom. The van der Waals surface area contributed by atoms with Crippen molar-refractivity contribution in [2.24, 2.45) is 0 Å². The molecule has 3 nitrogen and oxygen atoms in total. The zero-order valence-corrected chi connectivity index (χ0v) is 36.1. The van der Waals surface area contributed by atoms with Crippen LogP contribution in [0.25, 0.3) is 55.0 Å². The fraction of sp³-hybridized carbons (Fsp3) is 0.0645. The number of hydrogen-bond acceptors (Lipinski definition) is 1. The summed E-state index contributed by atoms with van der Waals surface area (Å²) in [6.45, 7) is 0. The van der Waals surface area contributed by atoms with Crippen LogP contribution in [0.3, 0.4) is 0 Å². The highest BCUT2D eigenvalue weighted by molar-refractivity contribution is 6.11. The second-order valence-corrected chi connectivity index (χ2v) is 17.3. The summed E-state index contributed by atoms with van der Waals surface area (Å²) >= 11 is 0. The Labute approximate surface area is 380 Å². The molecular weight excluding hydrogens is 787 g/mol. The van der Waals surface area contributed by atoms with Crippen molar-refractivity contribution in [1.82, 2.24) is 9.13 Å². The number of anilines is 3. The van der Waals surface area contributed by atoms with Gasteiger partial charge in [0.1, 0.15) is 0 Å². The summed E-state index contributed by atoms with van der Waals surface area (Å²) in [5.41, 5.74) is 16.0. The Balaban J connectivity index is 0.835. The number of benzene rings is 9. The van der Waals surface area contributed by atoms with E-state index in [9.17, 15) is 0 Å². The van der Waals surface area contributed by atoms with E-state index in [0.717, 1.165) is 35.6 Å². The lowest BCUT2D eigenvalue weighted by atomic mass is 9.82. The van der Waals surface area contributed by atoms with Gasteiger partial charge in [-0.1, -0.05) is 163 Å². The third kappa shape index (κ3) is 7.03. The quantitative estimate of drug-likeness (QED) is 0.134. The Hall–Kier alpha value is -8.14. The van der Waals surface area contributed by atoms with Crippen LogP contribution < -0.4 is 4.90 Å². The summed E-state index contributed by atoms with van der Waals surface area (Å²) in [5.74, 6) is 0.540. The molecule has 11 aromatic rings. The lowest BCUT2D eigenvalue weighted by Gasteiger charge is -2.26. The highest BCUT2D eigenvalue weighted by atomic mass is 15.1. The van der Waals surface area contributed by atoms with Crippen LogP contribution in [0.15, 0.2) is 254 Å². The van der Waals surface area contributed by atoms with Crippen molar-refractivity contribution >= 4 is 60.7 Å². The molecule has 310 valence electrons. The van der Waals surface area contributed by atoms with Gasteiger partial charge < -0.3 is 14.0 Å². The van der Waals surface area contributed by atoms with Crippen LogP contribution in [0.5, 0.6) is 0 Å². The minimum absolute atomic E-state index is 0.226. The first-order valence-corrected chi connectivity index (χ1v) is 22.8. The van der Waals surface area contributed by atoms with Crippen LogP contribution in [0.4, 0.5) is 17.1 Å². The first-order chi connectivity index (χ1) is 32.2. The molecule has 2 heterocycles. The summed E-state index contributed by atoms with van der Waals surface area (Å²) < 4.78 is 4.77. The van der Waals surface area contributed by atoms with Gasteiger partial charge in [0.2, 0.25) is 0 Å². The van der Waals surface area contributed by atoms with Gasteiger partial charge in [-0.2, -0.15) is 0 Å². The molecule has 0 amide bonds. The molecule has 1 aliphatic rings. The van der Waals surface area contributed by atoms with E-state index in [1.165, 1.54) is 71.6 Å². The largest absolute Gasteiger partial charge is 0.310 e. The fourth-order valence-electron chi connectivity index (χ4n) is 10.3. The molecule has 0 spiro atoms. The second kappa shape index (κ2) is 16.5. The van der Waals surface area contributed by atoms with Crippen molar-refractivity contribution in [3.63, 3.8) is 0 Å². The van der Waals surface area contributed by atoms with Crippen LogP contribution in [0, 0.1) is 0 Å². The van der Waals surface area contributed by atoms with E-state index in [1.807, 2.05) is 0 Å². The average Bonchev–Trinajstić information content (AvgIpc) is 3.89. The van der Waals surface area contributed by atoms with Crippen molar-refractivity contribution < 1.29 is 0 Å². The Morgan fingerprint density at radius 1 is 0.415 bits per heavy atom. The predicted octanol–water partition coefficient (Wildman–Crippen LogP) is 16.5. The van der Waals surface area contributed by atoms with E-state index in [1.54, 1.807) is 0 Å². The van der Waals surface area contributed by atoms with Gasteiger partial charge in [0.25, 0.3) is 0 Å². The number of rotatable bonds is 10. The summed E-state index contributed by atoms with van der Waals surface area (Å²) in [6.07, 6.45) is 9.20. The number of aromatic nitrogens is 2. The van der Waals surface area contributed by atoms with Crippen LogP contribution in [-0.4, -0.2) is 9.13 Å². The Bertz CT molecular complexity index is 3530.